The minimum Gasteiger partial charge on any atom is -0.484 e. The molecule has 0 bridgehead atoms. The van der Waals surface area contributed by atoms with Gasteiger partial charge in [0.2, 0.25) is 5.91 Å². The third-order valence-corrected chi connectivity index (χ3v) is 5.43. The summed E-state index contributed by atoms with van der Waals surface area (Å²) in [4.78, 5) is 24.1. The minimum atomic E-state index is -0.546. The van der Waals surface area contributed by atoms with E-state index < -0.39 is 5.91 Å². The molecule has 2 aromatic carbocycles. The number of hydrogen-bond donors (Lipinski definition) is 2. The molecule has 0 fully saturated rings. The number of anilines is 1. The Morgan fingerprint density at radius 2 is 1.93 bits per heavy atom. The predicted octanol–water partition coefficient (Wildman–Crippen LogP) is 3.29. The number of aromatic nitrogens is 1. The smallest absolute Gasteiger partial charge is 0.255 e. The van der Waals surface area contributed by atoms with Crippen LogP contribution in [-0.4, -0.2) is 22.8 Å². The van der Waals surface area contributed by atoms with Crippen LogP contribution in [0.4, 0.5) is 10.1 Å². The van der Waals surface area contributed by atoms with Crippen molar-refractivity contribution < 1.29 is 18.7 Å². The number of halogens is 1. The molecule has 1 unspecified atom stereocenters. The standard InChI is InChI=1S/C20H16FN3O3S/c21-13-5-1-12(2-6-13)18-19-20(28-24-18)15(9-17(26)23-19)11-3-7-14(8-4-11)27-10-16(22)25/h1-8,15H,9-10H2,(H2,22,25)(H,23,26). The van der Waals surface area contributed by atoms with Crippen molar-refractivity contribution >= 4 is 29.0 Å². The second-order valence-electron chi connectivity index (χ2n) is 6.41. The lowest BCUT2D eigenvalue weighted by molar-refractivity contribution is -0.120. The number of amides is 2. The van der Waals surface area contributed by atoms with Gasteiger partial charge in [-0.05, 0) is 53.5 Å². The average molecular weight is 397 g/mol. The van der Waals surface area contributed by atoms with E-state index >= 15 is 0 Å². The molecule has 1 atom stereocenters. The summed E-state index contributed by atoms with van der Waals surface area (Å²) in [7, 11) is 0. The van der Waals surface area contributed by atoms with Crippen LogP contribution in [0.1, 0.15) is 22.8 Å². The quantitative estimate of drug-likeness (QED) is 0.691. The number of hydrogen-bond acceptors (Lipinski definition) is 5. The van der Waals surface area contributed by atoms with E-state index in [1.165, 1.54) is 23.7 Å². The largest absolute Gasteiger partial charge is 0.484 e. The Bertz CT molecular complexity index is 1030. The van der Waals surface area contributed by atoms with E-state index in [0.29, 0.717) is 23.6 Å². The molecule has 1 aromatic heterocycles. The molecule has 0 radical (unpaired) electrons. The van der Waals surface area contributed by atoms with Crippen molar-refractivity contribution in [2.45, 2.75) is 12.3 Å². The normalized spacial score (nSPS) is 15.6. The zero-order chi connectivity index (χ0) is 19.7. The number of ether oxygens (including phenoxy) is 1. The van der Waals surface area contributed by atoms with E-state index in [1.54, 1.807) is 24.3 Å². The molecule has 0 saturated heterocycles. The van der Waals surface area contributed by atoms with Crippen molar-refractivity contribution in [2.24, 2.45) is 5.73 Å². The van der Waals surface area contributed by atoms with Crippen molar-refractivity contribution in [1.82, 2.24) is 4.37 Å². The summed E-state index contributed by atoms with van der Waals surface area (Å²) in [5.74, 6) is -0.584. The fraction of sp³-hybridized carbons (Fsp3) is 0.150. The Labute approximate surface area is 164 Å². The van der Waals surface area contributed by atoms with Gasteiger partial charge in [-0.1, -0.05) is 12.1 Å². The maximum Gasteiger partial charge on any atom is 0.255 e. The number of primary amides is 1. The Morgan fingerprint density at radius 1 is 1.21 bits per heavy atom. The van der Waals surface area contributed by atoms with Gasteiger partial charge in [-0.15, -0.1) is 0 Å². The molecule has 4 rings (SSSR count). The molecule has 0 saturated carbocycles. The molecule has 3 aromatic rings. The zero-order valence-corrected chi connectivity index (χ0v) is 15.5. The maximum absolute atomic E-state index is 13.2. The summed E-state index contributed by atoms with van der Waals surface area (Å²) in [6.45, 7) is -0.189. The number of carbonyl (C=O) groups excluding carboxylic acids is 2. The van der Waals surface area contributed by atoms with E-state index in [9.17, 15) is 14.0 Å². The molecule has 8 heteroatoms. The first kappa shape index (κ1) is 18.1. The molecule has 142 valence electrons. The highest BCUT2D eigenvalue weighted by atomic mass is 32.1. The average Bonchev–Trinajstić information content (AvgIpc) is 3.10. The number of nitrogens with one attached hydrogen (secondary N) is 1. The molecule has 6 nitrogen and oxygen atoms in total. The lowest BCUT2D eigenvalue weighted by Gasteiger charge is -2.23. The van der Waals surface area contributed by atoms with Crippen LogP contribution < -0.4 is 15.8 Å². The Morgan fingerprint density at radius 3 is 2.61 bits per heavy atom. The molecular formula is C20H16FN3O3S. The summed E-state index contributed by atoms with van der Waals surface area (Å²) >= 11 is 1.32. The van der Waals surface area contributed by atoms with Gasteiger partial charge in [-0.25, -0.2) is 4.39 Å². The lowest BCUT2D eigenvalue weighted by atomic mass is 9.89. The van der Waals surface area contributed by atoms with E-state index in [1.807, 2.05) is 12.1 Å². The molecule has 1 aliphatic rings. The van der Waals surface area contributed by atoms with Gasteiger partial charge in [-0.2, -0.15) is 4.37 Å². The maximum atomic E-state index is 13.2. The van der Waals surface area contributed by atoms with E-state index in [-0.39, 0.29) is 24.2 Å². The van der Waals surface area contributed by atoms with Crippen LogP contribution in [0.25, 0.3) is 11.3 Å². The number of nitrogens with two attached hydrogens (primary N) is 1. The number of carbonyl (C=O) groups is 2. The van der Waals surface area contributed by atoms with Gasteiger partial charge in [0.15, 0.2) is 6.61 Å². The SMILES string of the molecule is NC(=O)COc1ccc(C2CC(=O)Nc3c(-c4ccc(F)cc4)nsc32)cc1. The van der Waals surface area contributed by atoms with Crippen molar-refractivity contribution in [3.05, 3.63) is 64.8 Å². The van der Waals surface area contributed by atoms with Crippen molar-refractivity contribution in [2.75, 3.05) is 11.9 Å². The summed E-state index contributed by atoms with van der Waals surface area (Å²) in [5.41, 5.74) is 8.08. The molecule has 3 N–H and O–H groups in total. The molecule has 0 aliphatic carbocycles. The van der Waals surface area contributed by atoms with Crippen LogP contribution >= 0.6 is 11.5 Å². The highest BCUT2D eigenvalue weighted by Crippen LogP contribution is 2.44. The van der Waals surface area contributed by atoms with Crippen LogP contribution in [0.2, 0.25) is 0 Å². The Kier molecular flexibility index (Phi) is 4.79. The second-order valence-corrected chi connectivity index (χ2v) is 7.21. The first-order valence-electron chi connectivity index (χ1n) is 8.57. The summed E-state index contributed by atoms with van der Waals surface area (Å²) in [5, 5.41) is 2.90. The minimum absolute atomic E-state index is 0.102. The number of fused-ring (bicyclic) bond motifs is 1. The summed E-state index contributed by atoms with van der Waals surface area (Å²) in [6.07, 6.45) is 0.305. The Hall–Kier alpha value is -3.26. The topological polar surface area (TPSA) is 94.3 Å². The number of rotatable bonds is 5. The van der Waals surface area contributed by atoms with Gasteiger partial charge < -0.3 is 15.8 Å². The van der Waals surface area contributed by atoms with Crippen LogP contribution in [-0.2, 0) is 9.59 Å². The van der Waals surface area contributed by atoms with Gasteiger partial charge in [0.05, 0.1) is 10.6 Å². The van der Waals surface area contributed by atoms with Gasteiger partial charge in [0.1, 0.15) is 17.3 Å². The van der Waals surface area contributed by atoms with Crippen LogP contribution in [0.3, 0.4) is 0 Å². The van der Waals surface area contributed by atoms with E-state index in [2.05, 4.69) is 9.69 Å². The van der Waals surface area contributed by atoms with E-state index in [4.69, 9.17) is 10.5 Å². The first-order chi connectivity index (χ1) is 13.5. The van der Waals surface area contributed by atoms with Crippen molar-refractivity contribution in [3.8, 4) is 17.0 Å². The molecular weight excluding hydrogens is 381 g/mol. The lowest BCUT2D eigenvalue weighted by Crippen LogP contribution is -2.22. The van der Waals surface area contributed by atoms with Crippen LogP contribution in [0.15, 0.2) is 48.5 Å². The molecule has 0 spiro atoms. The zero-order valence-electron chi connectivity index (χ0n) is 14.6. The summed E-state index contributed by atoms with van der Waals surface area (Å²) in [6, 6.07) is 13.2. The first-order valence-corrected chi connectivity index (χ1v) is 9.35. The molecule has 28 heavy (non-hydrogen) atoms. The highest BCUT2D eigenvalue weighted by Gasteiger charge is 2.31. The van der Waals surface area contributed by atoms with Crippen LogP contribution in [0, 0.1) is 5.82 Å². The van der Waals surface area contributed by atoms with Gasteiger partial charge in [0, 0.05) is 17.9 Å². The third kappa shape index (κ3) is 3.59. The fourth-order valence-corrected chi connectivity index (χ4v) is 4.13. The van der Waals surface area contributed by atoms with Gasteiger partial charge in [0.25, 0.3) is 5.91 Å². The van der Waals surface area contributed by atoms with Gasteiger partial charge >= 0.3 is 0 Å². The molecule has 2 amide bonds. The van der Waals surface area contributed by atoms with Crippen LogP contribution in [0.5, 0.6) is 5.75 Å². The number of benzene rings is 2. The van der Waals surface area contributed by atoms with Crippen molar-refractivity contribution in [3.63, 3.8) is 0 Å². The summed E-state index contributed by atoms with van der Waals surface area (Å²) < 4.78 is 23.0. The highest BCUT2D eigenvalue weighted by molar-refractivity contribution is 7.07. The third-order valence-electron chi connectivity index (χ3n) is 4.47. The van der Waals surface area contributed by atoms with Gasteiger partial charge in [-0.3, -0.25) is 9.59 Å². The second kappa shape index (κ2) is 7.40. The Balaban J connectivity index is 1.65. The molecule has 2 heterocycles. The monoisotopic (exact) mass is 397 g/mol. The van der Waals surface area contributed by atoms with E-state index in [0.717, 1.165) is 16.0 Å². The van der Waals surface area contributed by atoms with Crippen molar-refractivity contribution in [1.29, 1.82) is 0 Å². The fourth-order valence-electron chi connectivity index (χ4n) is 3.15. The molecule has 1 aliphatic heterocycles. The predicted molar refractivity (Wildman–Crippen MR) is 104 cm³/mol. The number of nitrogens with zero attached hydrogens (tertiary/aromatic N) is 1.